The number of hydrogen-bond donors (Lipinski definition) is 0. The summed E-state index contributed by atoms with van der Waals surface area (Å²) in [4.78, 5) is 0. The lowest BCUT2D eigenvalue weighted by Gasteiger charge is -2.36. The normalized spacial score (nSPS) is 27.2. The number of fused-ring (bicyclic) bond motifs is 5. The number of hydrogen-bond acceptors (Lipinski definition) is 1. The monoisotopic (exact) mass is 278 g/mol. The fourth-order valence-electron chi connectivity index (χ4n) is 4.31. The second-order valence-electron chi connectivity index (χ2n) is 6.66. The van der Waals surface area contributed by atoms with Crippen LogP contribution in [0, 0.1) is 12.8 Å². The topological polar surface area (TPSA) is 9.23 Å². The molecule has 108 valence electrons. The lowest BCUT2D eigenvalue weighted by atomic mass is 9.68. The van der Waals surface area contributed by atoms with Gasteiger partial charge in [-0.2, -0.15) is 0 Å². The Hall–Kier alpha value is -1.60. The van der Waals surface area contributed by atoms with Crippen LogP contribution in [-0.4, -0.2) is 13.2 Å². The molecule has 2 unspecified atom stereocenters. The zero-order chi connectivity index (χ0) is 14.4. The van der Waals surface area contributed by atoms with E-state index < -0.39 is 0 Å². The number of rotatable bonds is 0. The summed E-state index contributed by atoms with van der Waals surface area (Å²) >= 11 is 0. The summed E-state index contributed by atoms with van der Waals surface area (Å²) in [6.07, 6.45) is 2.41. The highest BCUT2D eigenvalue weighted by Crippen LogP contribution is 2.54. The summed E-state index contributed by atoms with van der Waals surface area (Å²) in [5.41, 5.74) is 7.17. The van der Waals surface area contributed by atoms with Gasteiger partial charge in [0.15, 0.2) is 0 Å². The molecule has 2 aromatic carbocycles. The van der Waals surface area contributed by atoms with E-state index >= 15 is 0 Å². The van der Waals surface area contributed by atoms with Crippen molar-refractivity contribution in [3.8, 4) is 11.1 Å². The molecule has 0 aromatic heterocycles. The summed E-state index contributed by atoms with van der Waals surface area (Å²) in [6.45, 7) is 6.32. The van der Waals surface area contributed by atoms with E-state index in [9.17, 15) is 0 Å². The minimum Gasteiger partial charge on any atom is -0.380 e. The quantitative estimate of drug-likeness (QED) is 0.678. The molecule has 0 amide bonds. The van der Waals surface area contributed by atoms with Crippen LogP contribution >= 0.6 is 0 Å². The maximum atomic E-state index is 6.06. The maximum Gasteiger partial charge on any atom is 0.0606 e. The van der Waals surface area contributed by atoms with E-state index in [1.54, 1.807) is 0 Å². The van der Waals surface area contributed by atoms with Gasteiger partial charge in [-0.05, 0) is 47.9 Å². The molecule has 0 N–H and O–H groups in total. The number of benzene rings is 2. The Morgan fingerprint density at radius 1 is 1.05 bits per heavy atom. The standard InChI is InChI=1S/C20H22O/c1-14-9-10-17-16-7-3-4-8-18(16)20(19(17)12-14)13-21-11-5-6-15(20)2/h3-4,7-10,12,15H,5-6,11,13H2,1-2H3. The van der Waals surface area contributed by atoms with Gasteiger partial charge in [-0.3, -0.25) is 0 Å². The summed E-state index contributed by atoms with van der Waals surface area (Å²) in [5.74, 6) is 0.615. The van der Waals surface area contributed by atoms with E-state index in [4.69, 9.17) is 4.74 Å². The van der Waals surface area contributed by atoms with Crippen molar-refractivity contribution in [2.24, 2.45) is 5.92 Å². The molecule has 21 heavy (non-hydrogen) atoms. The Labute approximate surface area is 127 Å². The van der Waals surface area contributed by atoms with Gasteiger partial charge in [0, 0.05) is 12.0 Å². The highest BCUT2D eigenvalue weighted by molar-refractivity contribution is 5.81. The summed E-state index contributed by atoms with van der Waals surface area (Å²) in [6, 6.07) is 15.8. The van der Waals surface area contributed by atoms with Crippen LogP contribution in [0.15, 0.2) is 42.5 Å². The molecule has 1 aliphatic heterocycles. The van der Waals surface area contributed by atoms with Gasteiger partial charge in [0.05, 0.1) is 6.61 Å². The van der Waals surface area contributed by atoms with E-state index in [0.717, 1.165) is 13.2 Å². The van der Waals surface area contributed by atoms with Crippen LogP contribution in [0.4, 0.5) is 0 Å². The first-order valence-electron chi connectivity index (χ1n) is 8.02. The Morgan fingerprint density at radius 3 is 2.76 bits per heavy atom. The highest BCUT2D eigenvalue weighted by atomic mass is 16.5. The van der Waals surface area contributed by atoms with Gasteiger partial charge in [0.25, 0.3) is 0 Å². The van der Waals surface area contributed by atoms with Crippen molar-refractivity contribution in [2.75, 3.05) is 13.2 Å². The third-order valence-corrected chi connectivity index (χ3v) is 5.45. The average molecular weight is 278 g/mol. The Bertz CT molecular complexity index is 688. The molecule has 1 spiro atoms. The molecule has 1 fully saturated rings. The summed E-state index contributed by atoms with van der Waals surface area (Å²) < 4.78 is 6.06. The van der Waals surface area contributed by atoms with Gasteiger partial charge in [-0.25, -0.2) is 0 Å². The lowest BCUT2D eigenvalue weighted by molar-refractivity contribution is 0.104. The third-order valence-electron chi connectivity index (χ3n) is 5.45. The Balaban J connectivity index is 2.04. The molecule has 1 aliphatic carbocycles. The zero-order valence-corrected chi connectivity index (χ0v) is 12.9. The van der Waals surface area contributed by atoms with Crippen molar-refractivity contribution in [3.63, 3.8) is 0 Å². The minimum atomic E-state index is 0.0500. The molecule has 1 heterocycles. The van der Waals surface area contributed by atoms with Gasteiger partial charge in [0.1, 0.15) is 0 Å². The van der Waals surface area contributed by atoms with Gasteiger partial charge in [0.2, 0.25) is 0 Å². The lowest BCUT2D eigenvalue weighted by Crippen LogP contribution is -2.36. The first-order chi connectivity index (χ1) is 10.2. The zero-order valence-electron chi connectivity index (χ0n) is 12.9. The first-order valence-corrected chi connectivity index (χ1v) is 8.02. The fraction of sp³-hybridized carbons (Fsp3) is 0.400. The van der Waals surface area contributed by atoms with Gasteiger partial charge in [-0.15, -0.1) is 0 Å². The third kappa shape index (κ3) is 1.74. The Morgan fingerprint density at radius 2 is 1.86 bits per heavy atom. The van der Waals surface area contributed by atoms with Crippen molar-refractivity contribution >= 4 is 0 Å². The molecule has 1 saturated heterocycles. The van der Waals surface area contributed by atoms with Crippen LogP contribution in [0.25, 0.3) is 11.1 Å². The molecule has 4 rings (SSSR count). The largest absolute Gasteiger partial charge is 0.380 e. The van der Waals surface area contributed by atoms with Crippen molar-refractivity contribution < 1.29 is 4.74 Å². The van der Waals surface area contributed by atoms with E-state index in [1.807, 2.05) is 0 Å². The number of ether oxygens (including phenoxy) is 1. The van der Waals surface area contributed by atoms with Crippen LogP contribution in [-0.2, 0) is 10.2 Å². The molecule has 2 aliphatic rings. The molecular formula is C20H22O. The Kier molecular flexibility index (Phi) is 2.93. The van der Waals surface area contributed by atoms with Crippen molar-refractivity contribution in [3.05, 3.63) is 59.2 Å². The minimum absolute atomic E-state index is 0.0500. The summed E-state index contributed by atoms with van der Waals surface area (Å²) in [5, 5.41) is 0. The first kappa shape index (κ1) is 13.1. The van der Waals surface area contributed by atoms with Gasteiger partial charge >= 0.3 is 0 Å². The van der Waals surface area contributed by atoms with E-state index in [1.165, 1.54) is 40.7 Å². The molecule has 2 atom stereocenters. The predicted molar refractivity (Wildman–Crippen MR) is 86.6 cm³/mol. The van der Waals surface area contributed by atoms with Crippen molar-refractivity contribution in [2.45, 2.75) is 32.1 Å². The van der Waals surface area contributed by atoms with Crippen molar-refractivity contribution in [1.82, 2.24) is 0 Å². The summed E-state index contributed by atoms with van der Waals surface area (Å²) in [7, 11) is 0. The van der Waals surface area contributed by atoms with Gasteiger partial charge in [-0.1, -0.05) is 55.0 Å². The molecule has 0 saturated carbocycles. The second-order valence-corrected chi connectivity index (χ2v) is 6.66. The fourth-order valence-corrected chi connectivity index (χ4v) is 4.31. The molecule has 2 aromatic rings. The molecule has 0 bridgehead atoms. The maximum absolute atomic E-state index is 6.06. The molecular weight excluding hydrogens is 256 g/mol. The number of aryl methyl sites for hydroxylation is 1. The van der Waals surface area contributed by atoms with Crippen LogP contribution in [0.5, 0.6) is 0 Å². The second kappa shape index (κ2) is 4.71. The molecule has 1 nitrogen and oxygen atoms in total. The van der Waals surface area contributed by atoms with Crippen LogP contribution in [0.2, 0.25) is 0 Å². The highest BCUT2D eigenvalue weighted by Gasteiger charge is 2.47. The smallest absolute Gasteiger partial charge is 0.0606 e. The van der Waals surface area contributed by atoms with E-state index in [2.05, 4.69) is 56.3 Å². The van der Waals surface area contributed by atoms with Crippen LogP contribution in [0.3, 0.4) is 0 Å². The average Bonchev–Trinajstić information content (AvgIpc) is 2.62. The van der Waals surface area contributed by atoms with E-state index in [-0.39, 0.29) is 5.41 Å². The van der Waals surface area contributed by atoms with Crippen LogP contribution in [0.1, 0.15) is 36.5 Å². The molecule has 1 heteroatoms. The van der Waals surface area contributed by atoms with Crippen molar-refractivity contribution in [1.29, 1.82) is 0 Å². The molecule has 0 radical (unpaired) electrons. The van der Waals surface area contributed by atoms with Crippen LogP contribution < -0.4 is 0 Å². The predicted octanol–water partition coefficient (Wildman–Crippen LogP) is 4.71. The van der Waals surface area contributed by atoms with Gasteiger partial charge < -0.3 is 4.74 Å². The van der Waals surface area contributed by atoms with E-state index in [0.29, 0.717) is 5.92 Å². The SMILES string of the molecule is Cc1ccc2c(c1)C1(COCCCC1C)c1ccccc1-2.